The van der Waals surface area contributed by atoms with E-state index >= 15 is 0 Å². The van der Waals surface area contributed by atoms with Gasteiger partial charge in [0, 0.05) is 22.0 Å². The van der Waals surface area contributed by atoms with Gasteiger partial charge in [-0.15, -0.1) is 0 Å². The lowest BCUT2D eigenvalue weighted by atomic mass is 10.2. The van der Waals surface area contributed by atoms with Crippen LogP contribution in [0, 0.1) is 0 Å². The van der Waals surface area contributed by atoms with Gasteiger partial charge in [-0.2, -0.15) is 0 Å². The third-order valence-electron chi connectivity index (χ3n) is 4.36. The highest BCUT2D eigenvalue weighted by molar-refractivity contribution is 9.10. The molecule has 1 amide bonds. The van der Waals surface area contributed by atoms with Crippen LogP contribution in [0.25, 0.3) is 0 Å². The summed E-state index contributed by atoms with van der Waals surface area (Å²) in [6.07, 6.45) is 1.32. The van der Waals surface area contributed by atoms with Gasteiger partial charge in [-0.3, -0.25) is 14.7 Å². The van der Waals surface area contributed by atoms with E-state index in [4.69, 9.17) is 4.74 Å². The number of ether oxygens (including phenoxy) is 1. The van der Waals surface area contributed by atoms with Crippen LogP contribution in [0.4, 0.5) is 11.4 Å². The second-order valence-electron chi connectivity index (χ2n) is 6.10. The molecule has 0 unspecified atom stereocenters. The molecule has 0 saturated carbocycles. The van der Waals surface area contributed by atoms with E-state index in [2.05, 4.69) is 26.2 Å². The van der Waals surface area contributed by atoms with E-state index in [0.29, 0.717) is 12.2 Å². The van der Waals surface area contributed by atoms with Gasteiger partial charge >= 0.3 is 0 Å². The number of benzene rings is 2. The summed E-state index contributed by atoms with van der Waals surface area (Å²) in [6, 6.07) is 19.0. The van der Waals surface area contributed by atoms with Crippen molar-refractivity contribution < 1.29 is 9.53 Å². The maximum Gasteiger partial charge on any atom is 0.262 e. The average molecular weight is 424 g/mol. The van der Waals surface area contributed by atoms with Crippen LogP contribution < -0.4 is 15.0 Å². The summed E-state index contributed by atoms with van der Waals surface area (Å²) in [6.45, 7) is 2.54. The van der Waals surface area contributed by atoms with E-state index in [0.717, 1.165) is 27.3 Å². The zero-order chi connectivity index (χ0) is 18.8. The fourth-order valence-electron chi connectivity index (χ4n) is 3.19. The molecule has 0 bridgehead atoms. The summed E-state index contributed by atoms with van der Waals surface area (Å²) < 4.78 is 6.47. The number of pyridine rings is 1. The van der Waals surface area contributed by atoms with Crippen molar-refractivity contribution in [1.82, 2.24) is 4.98 Å². The standard InChI is InChI=1S/C21H18BrN3O2/c1-2-27-17-10-8-16(9-11-17)25-20(24-15-6-3-5-14(22)13-15)19-18(21(25)26)7-4-12-23-19/h3-13,20,24H,2H2,1H3/t20-/m0/s1. The maximum atomic E-state index is 13.1. The number of hydrogen-bond donors (Lipinski definition) is 1. The fraction of sp³-hybridized carbons (Fsp3) is 0.143. The molecular weight excluding hydrogens is 406 g/mol. The first-order valence-electron chi connectivity index (χ1n) is 8.71. The summed E-state index contributed by atoms with van der Waals surface area (Å²) in [5.74, 6) is 0.704. The number of anilines is 2. The Morgan fingerprint density at radius 3 is 2.70 bits per heavy atom. The van der Waals surface area contributed by atoms with Gasteiger partial charge < -0.3 is 10.1 Å². The molecule has 4 rings (SSSR count). The van der Waals surface area contributed by atoms with Gasteiger partial charge in [-0.1, -0.05) is 22.0 Å². The Hall–Kier alpha value is -2.86. The van der Waals surface area contributed by atoms with Crippen LogP contribution in [0.1, 0.15) is 29.1 Å². The quantitative estimate of drug-likeness (QED) is 0.626. The number of fused-ring (bicyclic) bond motifs is 1. The summed E-state index contributed by atoms with van der Waals surface area (Å²) in [5.41, 5.74) is 3.01. The number of carbonyl (C=O) groups is 1. The first kappa shape index (κ1) is 17.5. The molecule has 5 nitrogen and oxygen atoms in total. The molecule has 0 radical (unpaired) electrons. The third-order valence-corrected chi connectivity index (χ3v) is 4.85. The van der Waals surface area contributed by atoms with Crippen LogP contribution in [0.2, 0.25) is 0 Å². The Kier molecular flexibility index (Phi) is 4.81. The van der Waals surface area contributed by atoms with Gasteiger partial charge in [0.1, 0.15) is 5.75 Å². The lowest BCUT2D eigenvalue weighted by molar-refractivity contribution is 0.0993. The van der Waals surface area contributed by atoms with Crippen LogP contribution in [0.5, 0.6) is 5.75 Å². The molecule has 0 saturated heterocycles. The highest BCUT2D eigenvalue weighted by Crippen LogP contribution is 2.37. The number of aromatic nitrogens is 1. The second kappa shape index (κ2) is 7.40. The summed E-state index contributed by atoms with van der Waals surface area (Å²) in [4.78, 5) is 19.3. The van der Waals surface area contributed by atoms with Crippen molar-refractivity contribution in [2.75, 3.05) is 16.8 Å². The van der Waals surface area contributed by atoms with E-state index < -0.39 is 0 Å². The molecule has 6 heteroatoms. The number of rotatable bonds is 5. The molecule has 1 N–H and O–H groups in total. The Balaban J connectivity index is 1.73. The van der Waals surface area contributed by atoms with Gasteiger partial charge in [-0.05, 0) is 61.5 Å². The molecule has 3 aromatic rings. The number of hydrogen-bond acceptors (Lipinski definition) is 4. The number of halogens is 1. The molecule has 1 aromatic heterocycles. The molecule has 1 atom stereocenters. The van der Waals surface area contributed by atoms with Crippen LogP contribution in [0.3, 0.4) is 0 Å². The third kappa shape index (κ3) is 3.40. The minimum absolute atomic E-state index is 0.0743. The van der Waals surface area contributed by atoms with Crippen LogP contribution in [0.15, 0.2) is 71.3 Å². The molecule has 2 heterocycles. The van der Waals surface area contributed by atoms with Crippen molar-refractivity contribution in [3.8, 4) is 5.75 Å². The molecule has 136 valence electrons. The zero-order valence-corrected chi connectivity index (χ0v) is 16.3. The Morgan fingerprint density at radius 1 is 1.15 bits per heavy atom. The van der Waals surface area contributed by atoms with Crippen molar-refractivity contribution in [2.45, 2.75) is 13.1 Å². The summed E-state index contributed by atoms with van der Waals surface area (Å²) in [7, 11) is 0. The highest BCUT2D eigenvalue weighted by atomic mass is 79.9. The van der Waals surface area contributed by atoms with Crippen molar-refractivity contribution in [1.29, 1.82) is 0 Å². The molecule has 0 fully saturated rings. The number of nitrogens with zero attached hydrogens (tertiary/aromatic N) is 2. The van der Waals surface area contributed by atoms with Crippen LogP contribution in [-0.2, 0) is 0 Å². The minimum atomic E-state index is -0.388. The molecule has 27 heavy (non-hydrogen) atoms. The summed E-state index contributed by atoms with van der Waals surface area (Å²) in [5, 5.41) is 3.44. The topological polar surface area (TPSA) is 54.5 Å². The minimum Gasteiger partial charge on any atom is -0.494 e. The Labute approximate surface area is 166 Å². The Bertz CT molecular complexity index is 975. The van der Waals surface area contributed by atoms with E-state index in [1.54, 1.807) is 17.2 Å². The monoisotopic (exact) mass is 423 g/mol. The Morgan fingerprint density at radius 2 is 1.96 bits per heavy atom. The molecule has 2 aromatic carbocycles. The molecular formula is C21H18BrN3O2. The van der Waals surface area contributed by atoms with E-state index in [1.807, 2.05) is 61.5 Å². The number of nitrogens with one attached hydrogen (secondary N) is 1. The number of amides is 1. The van der Waals surface area contributed by atoms with Gasteiger partial charge in [0.25, 0.3) is 5.91 Å². The zero-order valence-electron chi connectivity index (χ0n) is 14.7. The smallest absolute Gasteiger partial charge is 0.262 e. The molecule has 1 aliphatic rings. The van der Waals surface area contributed by atoms with Gasteiger partial charge in [0.2, 0.25) is 0 Å². The predicted octanol–water partition coefficient (Wildman–Crippen LogP) is 5.01. The van der Waals surface area contributed by atoms with Gasteiger partial charge in [-0.25, -0.2) is 0 Å². The maximum absolute atomic E-state index is 13.1. The second-order valence-corrected chi connectivity index (χ2v) is 7.01. The lowest BCUT2D eigenvalue weighted by Crippen LogP contribution is -2.32. The lowest BCUT2D eigenvalue weighted by Gasteiger charge is -2.26. The van der Waals surface area contributed by atoms with Crippen LogP contribution in [-0.4, -0.2) is 17.5 Å². The molecule has 0 spiro atoms. The molecule has 1 aliphatic heterocycles. The van der Waals surface area contributed by atoms with Gasteiger partial charge in [0.05, 0.1) is 17.9 Å². The SMILES string of the molecule is CCOc1ccc(N2C(=O)c3cccnc3[C@H]2Nc2cccc(Br)c2)cc1. The first-order valence-corrected chi connectivity index (χ1v) is 9.50. The van der Waals surface area contributed by atoms with Crippen molar-refractivity contribution >= 4 is 33.2 Å². The fourth-order valence-corrected chi connectivity index (χ4v) is 3.59. The molecule has 0 aliphatic carbocycles. The largest absolute Gasteiger partial charge is 0.494 e. The van der Waals surface area contributed by atoms with Crippen molar-refractivity contribution in [3.05, 3.63) is 82.6 Å². The normalized spacial score (nSPS) is 15.6. The first-order chi connectivity index (χ1) is 13.2. The highest BCUT2D eigenvalue weighted by Gasteiger charge is 2.39. The van der Waals surface area contributed by atoms with E-state index in [-0.39, 0.29) is 12.1 Å². The summed E-state index contributed by atoms with van der Waals surface area (Å²) >= 11 is 3.49. The van der Waals surface area contributed by atoms with Crippen molar-refractivity contribution in [3.63, 3.8) is 0 Å². The van der Waals surface area contributed by atoms with E-state index in [1.165, 1.54) is 0 Å². The van der Waals surface area contributed by atoms with E-state index in [9.17, 15) is 4.79 Å². The van der Waals surface area contributed by atoms with Gasteiger partial charge in [0.15, 0.2) is 6.17 Å². The van der Waals surface area contributed by atoms with Crippen molar-refractivity contribution in [2.24, 2.45) is 0 Å². The van der Waals surface area contributed by atoms with Crippen LogP contribution >= 0.6 is 15.9 Å². The number of carbonyl (C=O) groups excluding carboxylic acids is 1. The average Bonchev–Trinajstić information content (AvgIpc) is 2.95. The predicted molar refractivity (Wildman–Crippen MR) is 109 cm³/mol.